The molecule has 0 amide bonds. The Labute approximate surface area is 157 Å². The molecule has 0 aliphatic carbocycles. The van der Waals surface area contributed by atoms with Crippen LogP contribution in [0.15, 0.2) is 41.7 Å². The minimum atomic E-state index is -0.464. The highest BCUT2D eigenvalue weighted by atomic mass is 19.1. The summed E-state index contributed by atoms with van der Waals surface area (Å²) < 4.78 is 24.9. The van der Waals surface area contributed by atoms with Crippen LogP contribution >= 0.6 is 0 Å². The normalized spacial score (nSPS) is 17.9. The van der Waals surface area contributed by atoms with Crippen molar-refractivity contribution >= 4 is 23.4 Å². The number of benzene rings is 1. The van der Waals surface area contributed by atoms with Gasteiger partial charge < -0.3 is 20.5 Å². The van der Waals surface area contributed by atoms with Crippen LogP contribution in [0, 0.1) is 5.82 Å². The number of allylic oxidation sites excluding steroid dienone is 1. The predicted octanol–water partition coefficient (Wildman–Crippen LogP) is 3.26. The van der Waals surface area contributed by atoms with Gasteiger partial charge in [0, 0.05) is 30.8 Å². The van der Waals surface area contributed by atoms with Crippen LogP contribution in [-0.4, -0.2) is 36.1 Å². The lowest BCUT2D eigenvalue weighted by molar-refractivity contribution is 0.0227. The number of ether oxygens (including phenoxy) is 2. The Balaban J connectivity index is 1.79. The number of hydrogen-bond donors (Lipinski definition) is 2. The zero-order valence-electron chi connectivity index (χ0n) is 15.1. The topological polar surface area (TPSA) is 94.7 Å². The van der Waals surface area contributed by atoms with Crippen LogP contribution < -0.4 is 15.8 Å². The van der Waals surface area contributed by atoms with E-state index >= 15 is 0 Å². The Kier molecular flexibility index (Phi) is 6.32. The summed E-state index contributed by atoms with van der Waals surface area (Å²) in [6, 6.07) is 6.25. The number of nitrogens with one attached hydrogen (secondary N) is 1. The largest absolute Gasteiger partial charge is 0.494 e. The van der Waals surface area contributed by atoms with E-state index in [1.54, 1.807) is 30.6 Å². The van der Waals surface area contributed by atoms with Crippen molar-refractivity contribution in [2.24, 2.45) is 10.7 Å². The molecule has 7 nitrogen and oxygen atoms in total. The maximum atomic E-state index is 14.1. The molecule has 2 aromatic rings. The van der Waals surface area contributed by atoms with Crippen LogP contribution in [0.25, 0.3) is 5.57 Å². The van der Waals surface area contributed by atoms with Crippen LogP contribution in [0.1, 0.15) is 25.0 Å². The summed E-state index contributed by atoms with van der Waals surface area (Å²) in [7, 11) is 1.47. The average molecular weight is 371 g/mol. The Morgan fingerprint density at radius 1 is 1.41 bits per heavy atom. The lowest BCUT2D eigenvalue weighted by Gasteiger charge is -2.18. The van der Waals surface area contributed by atoms with E-state index in [0.29, 0.717) is 17.0 Å². The van der Waals surface area contributed by atoms with E-state index in [2.05, 4.69) is 20.3 Å². The number of aromatic nitrogens is 2. The molecule has 0 bridgehead atoms. The van der Waals surface area contributed by atoms with Crippen molar-refractivity contribution in [3.8, 4) is 5.75 Å². The van der Waals surface area contributed by atoms with Gasteiger partial charge in [0.05, 0.1) is 12.8 Å². The van der Waals surface area contributed by atoms with Crippen molar-refractivity contribution in [2.75, 3.05) is 19.0 Å². The highest BCUT2D eigenvalue weighted by molar-refractivity contribution is 6.08. The van der Waals surface area contributed by atoms with Crippen LogP contribution in [0.3, 0.4) is 0 Å². The molecule has 1 aromatic carbocycles. The first-order chi connectivity index (χ1) is 13.2. The van der Waals surface area contributed by atoms with Gasteiger partial charge in [0.2, 0.25) is 5.95 Å². The molecule has 3 N–H and O–H groups in total. The van der Waals surface area contributed by atoms with Gasteiger partial charge in [-0.25, -0.2) is 14.4 Å². The minimum absolute atomic E-state index is 0.157. The second-order valence-corrected chi connectivity index (χ2v) is 5.93. The van der Waals surface area contributed by atoms with E-state index in [-0.39, 0.29) is 17.9 Å². The molecule has 0 spiro atoms. The van der Waals surface area contributed by atoms with Crippen LogP contribution in [0.4, 0.5) is 16.0 Å². The van der Waals surface area contributed by atoms with E-state index in [4.69, 9.17) is 15.2 Å². The summed E-state index contributed by atoms with van der Waals surface area (Å²) in [6.07, 6.45) is 7.51. The molecule has 1 fully saturated rings. The summed E-state index contributed by atoms with van der Waals surface area (Å²) in [5.74, 6) is 0.112. The SMILES string of the molecule is COc1cccc(F)c1Nc1nccc(C(=C/N)/C=N/C2CCCCO2)n1. The van der Waals surface area contributed by atoms with Crippen LogP contribution in [-0.2, 0) is 4.74 Å². The number of halogens is 1. The molecule has 0 radical (unpaired) electrons. The maximum absolute atomic E-state index is 14.1. The van der Waals surface area contributed by atoms with Crippen molar-refractivity contribution < 1.29 is 13.9 Å². The summed E-state index contributed by atoms with van der Waals surface area (Å²) in [4.78, 5) is 13.0. The Morgan fingerprint density at radius 3 is 3.04 bits per heavy atom. The third-order valence-corrected chi connectivity index (χ3v) is 4.10. The first kappa shape index (κ1) is 18.8. The van der Waals surface area contributed by atoms with Crippen molar-refractivity contribution in [3.63, 3.8) is 0 Å². The van der Waals surface area contributed by atoms with E-state index in [9.17, 15) is 4.39 Å². The van der Waals surface area contributed by atoms with Gasteiger partial charge >= 0.3 is 0 Å². The predicted molar refractivity (Wildman–Crippen MR) is 103 cm³/mol. The highest BCUT2D eigenvalue weighted by Crippen LogP contribution is 2.29. The molecule has 1 saturated heterocycles. The molecule has 0 saturated carbocycles. The fourth-order valence-electron chi connectivity index (χ4n) is 2.69. The minimum Gasteiger partial charge on any atom is -0.494 e. The second kappa shape index (κ2) is 9.09. The van der Waals surface area contributed by atoms with Crippen molar-refractivity contribution in [3.05, 3.63) is 48.2 Å². The number of nitrogens with zero attached hydrogens (tertiary/aromatic N) is 3. The summed E-state index contributed by atoms with van der Waals surface area (Å²) in [5.41, 5.74) is 7.08. The van der Waals surface area contributed by atoms with Crippen molar-refractivity contribution in [1.82, 2.24) is 9.97 Å². The van der Waals surface area contributed by atoms with Gasteiger partial charge in [-0.1, -0.05) is 6.07 Å². The lowest BCUT2D eigenvalue weighted by atomic mass is 10.2. The van der Waals surface area contributed by atoms with Gasteiger partial charge in [0.1, 0.15) is 17.7 Å². The Hall–Kier alpha value is -3.00. The summed E-state index contributed by atoms with van der Waals surface area (Å²) in [6.45, 7) is 0.718. The molecular formula is C19H22FN5O2. The number of methoxy groups -OCH3 is 1. The van der Waals surface area contributed by atoms with Gasteiger partial charge in [-0.2, -0.15) is 0 Å². The number of rotatable bonds is 6. The smallest absolute Gasteiger partial charge is 0.227 e. The van der Waals surface area contributed by atoms with Gasteiger partial charge in [0.15, 0.2) is 5.82 Å². The molecule has 142 valence electrons. The van der Waals surface area contributed by atoms with Crippen LogP contribution in [0.5, 0.6) is 5.75 Å². The molecular weight excluding hydrogens is 349 g/mol. The van der Waals surface area contributed by atoms with Gasteiger partial charge in [0.25, 0.3) is 0 Å². The Morgan fingerprint density at radius 2 is 2.30 bits per heavy atom. The number of hydrogen-bond acceptors (Lipinski definition) is 7. The molecule has 27 heavy (non-hydrogen) atoms. The molecule has 1 atom stereocenters. The zero-order valence-corrected chi connectivity index (χ0v) is 15.1. The quantitative estimate of drug-likeness (QED) is 0.757. The van der Waals surface area contributed by atoms with Gasteiger partial charge in [-0.3, -0.25) is 4.99 Å². The third-order valence-electron chi connectivity index (χ3n) is 4.10. The van der Waals surface area contributed by atoms with E-state index < -0.39 is 5.82 Å². The zero-order chi connectivity index (χ0) is 19.1. The standard InChI is InChI=1S/C19H22FN5O2/c1-26-16-6-4-5-14(20)18(16)25-19-22-9-8-15(24-19)13(11-21)12-23-17-7-2-3-10-27-17/h4-6,8-9,11-12,17H,2-3,7,10,21H2,1H3,(H,22,24,25)/b13-11+,23-12+. The van der Waals surface area contributed by atoms with Crippen LogP contribution in [0.2, 0.25) is 0 Å². The molecule has 8 heteroatoms. The first-order valence-corrected chi connectivity index (χ1v) is 8.71. The fraction of sp³-hybridized carbons (Fsp3) is 0.316. The summed E-state index contributed by atoms with van der Waals surface area (Å²) >= 11 is 0. The van der Waals surface area contributed by atoms with Crippen molar-refractivity contribution in [2.45, 2.75) is 25.5 Å². The molecule has 1 aliphatic heterocycles. The van der Waals surface area contributed by atoms with Crippen molar-refractivity contribution in [1.29, 1.82) is 0 Å². The number of nitrogens with two attached hydrogens (primary N) is 1. The monoisotopic (exact) mass is 371 g/mol. The third kappa shape index (κ3) is 4.79. The Bertz CT molecular complexity index is 835. The van der Waals surface area contributed by atoms with E-state index in [0.717, 1.165) is 25.9 Å². The average Bonchev–Trinajstić information content (AvgIpc) is 2.71. The molecule has 2 heterocycles. The summed E-state index contributed by atoms with van der Waals surface area (Å²) in [5, 5.41) is 2.86. The molecule has 1 unspecified atom stereocenters. The first-order valence-electron chi connectivity index (χ1n) is 8.71. The van der Waals surface area contributed by atoms with Gasteiger partial charge in [-0.15, -0.1) is 0 Å². The number of para-hydroxylation sites is 1. The molecule has 3 rings (SSSR count). The molecule has 1 aromatic heterocycles. The maximum Gasteiger partial charge on any atom is 0.227 e. The molecule has 1 aliphatic rings. The second-order valence-electron chi connectivity index (χ2n) is 5.93. The number of aliphatic imine (C=N–C) groups is 1. The highest BCUT2D eigenvalue weighted by Gasteiger charge is 2.13. The lowest BCUT2D eigenvalue weighted by Crippen LogP contribution is -2.16. The van der Waals surface area contributed by atoms with E-state index in [1.165, 1.54) is 19.4 Å². The van der Waals surface area contributed by atoms with E-state index in [1.807, 2.05) is 0 Å². The fourth-order valence-corrected chi connectivity index (χ4v) is 2.69. The van der Waals surface area contributed by atoms with Gasteiger partial charge in [-0.05, 0) is 37.5 Å². The number of anilines is 2.